The molecule has 1 saturated heterocycles. The van der Waals surface area contributed by atoms with Crippen molar-refractivity contribution in [3.05, 3.63) is 59.2 Å². The molecule has 0 aromatic heterocycles. The van der Waals surface area contributed by atoms with E-state index in [1.807, 2.05) is 41.3 Å². The molecule has 1 fully saturated rings. The Morgan fingerprint density at radius 3 is 2.50 bits per heavy atom. The fraction of sp³-hybridized carbons (Fsp3) is 0.333. The molecule has 2 aromatic rings. The van der Waals surface area contributed by atoms with E-state index in [9.17, 15) is 9.59 Å². The summed E-state index contributed by atoms with van der Waals surface area (Å²) in [7, 11) is 0. The molecular weight excluding hydrogens is 298 g/mol. The number of nitrogens with zero attached hydrogens (tertiary/aromatic N) is 1. The van der Waals surface area contributed by atoms with Gasteiger partial charge in [0.2, 0.25) is 0 Å². The van der Waals surface area contributed by atoms with E-state index in [1.54, 1.807) is 6.07 Å². The van der Waals surface area contributed by atoms with Gasteiger partial charge in [-0.15, -0.1) is 0 Å². The summed E-state index contributed by atoms with van der Waals surface area (Å²) in [5.41, 5.74) is 3.93. The second-order valence-corrected chi connectivity index (χ2v) is 7.09. The van der Waals surface area contributed by atoms with Gasteiger partial charge in [0, 0.05) is 29.3 Å². The van der Waals surface area contributed by atoms with Crippen LogP contribution in [0.25, 0.3) is 11.1 Å². The highest BCUT2D eigenvalue weighted by Crippen LogP contribution is 2.37. The van der Waals surface area contributed by atoms with Gasteiger partial charge in [0.1, 0.15) is 0 Å². The second-order valence-electron chi connectivity index (χ2n) is 7.09. The molecule has 1 amide bonds. The van der Waals surface area contributed by atoms with Crippen LogP contribution < -0.4 is 0 Å². The Bertz CT molecular complexity index is 837. The van der Waals surface area contributed by atoms with E-state index in [0.717, 1.165) is 36.1 Å². The summed E-state index contributed by atoms with van der Waals surface area (Å²) >= 11 is 0. The standard InChI is InChI=1S/C21H21NO2/c1-13(2)19-8-5-11-22(19)21(24)14-9-10-16-15-6-3-4-7-17(15)20(23)18(16)12-14/h3-4,6-7,9-10,12-13,19H,5,8,11H2,1-2H3/t19-/m1/s1. The first-order valence-corrected chi connectivity index (χ1v) is 8.67. The van der Waals surface area contributed by atoms with Gasteiger partial charge in [0.15, 0.2) is 5.78 Å². The summed E-state index contributed by atoms with van der Waals surface area (Å²) in [6, 6.07) is 13.5. The van der Waals surface area contributed by atoms with Crippen LogP contribution in [0.1, 0.15) is 53.0 Å². The van der Waals surface area contributed by atoms with Gasteiger partial charge in [-0.05, 0) is 42.0 Å². The van der Waals surface area contributed by atoms with Gasteiger partial charge >= 0.3 is 0 Å². The molecule has 24 heavy (non-hydrogen) atoms. The maximum atomic E-state index is 13.0. The van der Waals surface area contributed by atoms with Crippen LogP contribution in [0, 0.1) is 5.92 Å². The molecule has 2 aliphatic rings. The zero-order valence-electron chi connectivity index (χ0n) is 14.1. The van der Waals surface area contributed by atoms with Gasteiger partial charge in [0.25, 0.3) is 5.91 Å². The fourth-order valence-electron chi connectivity index (χ4n) is 4.06. The van der Waals surface area contributed by atoms with Crippen molar-refractivity contribution in [1.82, 2.24) is 4.90 Å². The Labute approximate surface area is 142 Å². The molecule has 0 unspecified atom stereocenters. The maximum absolute atomic E-state index is 13.0. The van der Waals surface area contributed by atoms with Crippen molar-refractivity contribution in [2.45, 2.75) is 32.7 Å². The third-order valence-electron chi connectivity index (χ3n) is 5.30. The number of hydrogen-bond acceptors (Lipinski definition) is 2. The summed E-state index contributed by atoms with van der Waals surface area (Å²) < 4.78 is 0. The lowest BCUT2D eigenvalue weighted by Gasteiger charge is -2.28. The van der Waals surface area contributed by atoms with E-state index >= 15 is 0 Å². The fourth-order valence-corrected chi connectivity index (χ4v) is 4.06. The highest BCUT2D eigenvalue weighted by molar-refractivity contribution is 6.22. The molecule has 3 nitrogen and oxygen atoms in total. The number of rotatable bonds is 2. The largest absolute Gasteiger partial charge is 0.335 e. The first-order chi connectivity index (χ1) is 11.6. The van der Waals surface area contributed by atoms with Crippen molar-refractivity contribution < 1.29 is 9.59 Å². The first-order valence-electron chi connectivity index (χ1n) is 8.67. The van der Waals surface area contributed by atoms with E-state index in [0.29, 0.717) is 23.1 Å². The van der Waals surface area contributed by atoms with Crippen LogP contribution in [0.5, 0.6) is 0 Å². The van der Waals surface area contributed by atoms with Gasteiger partial charge in [-0.3, -0.25) is 9.59 Å². The summed E-state index contributed by atoms with van der Waals surface area (Å²) in [6.07, 6.45) is 2.13. The van der Waals surface area contributed by atoms with Crippen LogP contribution in [0.3, 0.4) is 0 Å². The Morgan fingerprint density at radius 1 is 1.04 bits per heavy atom. The van der Waals surface area contributed by atoms with E-state index in [2.05, 4.69) is 13.8 Å². The minimum absolute atomic E-state index is 0.0251. The Hall–Kier alpha value is -2.42. The lowest BCUT2D eigenvalue weighted by Crippen LogP contribution is -2.38. The van der Waals surface area contributed by atoms with E-state index in [1.165, 1.54) is 0 Å². The van der Waals surface area contributed by atoms with Crippen LogP contribution in [-0.2, 0) is 0 Å². The molecule has 0 saturated carbocycles. The van der Waals surface area contributed by atoms with Gasteiger partial charge < -0.3 is 4.90 Å². The predicted molar refractivity (Wildman–Crippen MR) is 94.2 cm³/mol. The normalized spacial score (nSPS) is 18.9. The van der Waals surface area contributed by atoms with Crippen molar-refractivity contribution in [1.29, 1.82) is 0 Å². The number of fused-ring (bicyclic) bond motifs is 3. The number of likely N-dealkylation sites (tertiary alicyclic amines) is 1. The number of carbonyl (C=O) groups is 2. The summed E-state index contributed by atoms with van der Waals surface area (Å²) in [4.78, 5) is 27.6. The lowest BCUT2D eigenvalue weighted by atomic mass is 10.00. The molecule has 0 radical (unpaired) electrons. The van der Waals surface area contributed by atoms with Crippen LogP contribution in [-0.4, -0.2) is 29.2 Å². The van der Waals surface area contributed by atoms with E-state index in [-0.39, 0.29) is 11.7 Å². The minimum atomic E-state index is 0.0251. The molecule has 3 heteroatoms. The number of amides is 1. The molecule has 0 N–H and O–H groups in total. The van der Waals surface area contributed by atoms with Crippen molar-refractivity contribution in [3.63, 3.8) is 0 Å². The number of ketones is 1. The summed E-state index contributed by atoms with van der Waals surface area (Å²) in [5, 5.41) is 0. The smallest absolute Gasteiger partial charge is 0.254 e. The zero-order valence-corrected chi connectivity index (χ0v) is 14.1. The molecule has 1 atom stereocenters. The lowest BCUT2D eigenvalue weighted by molar-refractivity contribution is 0.0701. The maximum Gasteiger partial charge on any atom is 0.254 e. The Balaban J connectivity index is 1.70. The van der Waals surface area contributed by atoms with Crippen molar-refractivity contribution in [2.75, 3.05) is 6.54 Å². The molecule has 1 aliphatic heterocycles. The van der Waals surface area contributed by atoms with E-state index < -0.39 is 0 Å². The molecule has 1 aliphatic carbocycles. The molecule has 122 valence electrons. The minimum Gasteiger partial charge on any atom is -0.335 e. The number of carbonyl (C=O) groups excluding carboxylic acids is 2. The number of benzene rings is 2. The van der Waals surface area contributed by atoms with Gasteiger partial charge in [0.05, 0.1) is 0 Å². The van der Waals surface area contributed by atoms with Crippen LogP contribution in [0.15, 0.2) is 42.5 Å². The Morgan fingerprint density at radius 2 is 1.75 bits per heavy atom. The van der Waals surface area contributed by atoms with Crippen LogP contribution in [0.2, 0.25) is 0 Å². The zero-order chi connectivity index (χ0) is 16.8. The van der Waals surface area contributed by atoms with Crippen LogP contribution >= 0.6 is 0 Å². The highest BCUT2D eigenvalue weighted by Gasteiger charge is 2.33. The molecular formula is C21H21NO2. The second kappa shape index (κ2) is 5.59. The van der Waals surface area contributed by atoms with Crippen molar-refractivity contribution in [2.24, 2.45) is 5.92 Å². The van der Waals surface area contributed by atoms with Gasteiger partial charge in [-0.1, -0.05) is 44.2 Å². The molecule has 0 bridgehead atoms. The van der Waals surface area contributed by atoms with E-state index in [4.69, 9.17) is 0 Å². The molecule has 0 spiro atoms. The predicted octanol–water partition coefficient (Wildman–Crippen LogP) is 4.16. The summed E-state index contributed by atoms with van der Waals surface area (Å²) in [6.45, 7) is 5.14. The van der Waals surface area contributed by atoms with Gasteiger partial charge in [-0.25, -0.2) is 0 Å². The summed E-state index contributed by atoms with van der Waals surface area (Å²) in [5.74, 6) is 0.534. The van der Waals surface area contributed by atoms with Gasteiger partial charge in [-0.2, -0.15) is 0 Å². The highest BCUT2D eigenvalue weighted by atomic mass is 16.2. The quantitative estimate of drug-likeness (QED) is 0.711. The Kier molecular flexibility index (Phi) is 3.52. The van der Waals surface area contributed by atoms with Crippen LogP contribution in [0.4, 0.5) is 0 Å². The first kappa shape index (κ1) is 15.1. The average Bonchev–Trinajstić information content (AvgIpc) is 3.19. The third-order valence-corrected chi connectivity index (χ3v) is 5.30. The van der Waals surface area contributed by atoms with Crippen molar-refractivity contribution >= 4 is 11.7 Å². The third kappa shape index (κ3) is 2.19. The SMILES string of the molecule is CC(C)[C@H]1CCCN1C(=O)c1ccc2c(c1)C(=O)c1ccccc1-2. The topological polar surface area (TPSA) is 37.4 Å². The molecule has 1 heterocycles. The number of hydrogen-bond donors (Lipinski definition) is 0. The average molecular weight is 319 g/mol. The van der Waals surface area contributed by atoms with Crippen molar-refractivity contribution in [3.8, 4) is 11.1 Å². The molecule has 2 aromatic carbocycles. The molecule has 4 rings (SSSR count). The monoisotopic (exact) mass is 319 g/mol.